The van der Waals surface area contributed by atoms with Gasteiger partial charge in [-0.2, -0.15) is 0 Å². The van der Waals surface area contributed by atoms with Gasteiger partial charge in [0.25, 0.3) is 0 Å². The van der Waals surface area contributed by atoms with Crippen molar-refractivity contribution in [3.05, 3.63) is 20.8 Å². The van der Waals surface area contributed by atoms with Crippen molar-refractivity contribution in [2.75, 3.05) is 7.05 Å². The van der Waals surface area contributed by atoms with Crippen molar-refractivity contribution >= 4 is 33.2 Å². The molecule has 0 aromatic carbocycles. The minimum absolute atomic E-state index is 0.110. The number of hydrogen-bond donors (Lipinski definition) is 1. The van der Waals surface area contributed by atoms with Crippen LogP contribution in [0.2, 0.25) is 0 Å². The van der Waals surface area contributed by atoms with Gasteiger partial charge in [0.2, 0.25) is 0 Å². The van der Waals surface area contributed by atoms with Crippen molar-refractivity contribution in [2.45, 2.75) is 32.4 Å². The highest BCUT2D eigenvalue weighted by Gasteiger charge is 2.16. The second kappa shape index (κ2) is 6.37. The van der Waals surface area contributed by atoms with Crippen LogP contribution >= 0.6 is 27.3 Å². The largest absolute Gasteiger partial charge is 0.481 e. The van der Waals surface area contributed by atoms with Crippen LogP contribution < -0.4 is 0 Å². The molecular weight excluding hydrogens is 290 g/mol. The molecule has 90 valence electrons. The number of rotatable bonds is 6. The first-order valence-electron chi connectivity index (χ1n) is 5.17. The lowest BCUT2D eigenvalue weighted by Crippen LogP contribution is -2.32. The molecule has 1 heterocycles. The molecule has 1 N–H and O–H groups in total. The van der Waals surface area contributed by atoms with Crippen LogP contribution in [-0.4, -0.2) is 29.1 Å². The van der Waals surface area contributed by atoms with Gasteiger partial charge in [-0.05, 0) is 35.5 Å². The molecule has 16 heavy (non-hydrogen) atoms. The second-order valence-electron chi connectivity index (χ2n) is 3.81. The SMILES string of the molecule is CCC(CC(=O)O)N(C)Cc1cc(Br)cs1. The maximum atomic E-state index is 10.7. The van der Waals surface area contributed by atoms with E-state index in [9.17, 15) is 4.79 Å². The molecule has 1 unspecified atom stereocenters. The smallest absolute Gasteiger partial charge is 0.304 e. The lowest BCUT2D eigenvalue weighted by molar-refractivity contribution is -0.138. The first-order chi connectivity index (χ1) is 7.52. The van der Waals surface area contributed by atoms with E-state index in [0.717, 1.165) is 17.4 Å². The summed E-state index contributed by atoms with van der Waals surface area (Å²) < 4.78 is 1.09. The molecule has 0 amide bonds. The van der Waals surface area contributed by atoms with Gasteiger partial charge in [0.1, 0.15) is 0 Å². The Labute approximate surface area is 108 Å². The molecule has 0 aliphatic rings. The maximum Gasteiger partial charge on any atom is 0.304 e. The van der Waals surface area contributed by atoms with E-state index >= 15 is 0 Å². The highest BCUT2D eigenvalue weighted by Crippen LogP contribution is 2.22. The van der Waals surface area contributed by atoms with Crippen molar-refractivity contribution in [2.24, 2.45) is 0 Å². The quantitative estimate of drug-likeness (QED) is 0.877. The molecule has 1 aromatic rings. The number of thiophene rings is 1. The minimum Gasteiger partial charge on any atom is -0.481 e. The third-order valence-electron chi connectivity index (χ3n) is 2.53. The van der Waals surface area contributed by atoms with Crippen LogP contribution in [0.5, 0.6) is 0 Å². The lowest BCUT2D eigenvalue weighted by Gasteiger charge is -2.25. The van der Waals surface area contributed by atoms with E-state index in [-0.39, 0.29) is 12.5 Å². The summed E-state index contributed by atoms with van der Waals surface area (Å²) in [5.74, 6) is -0.730. The van der Waals surface area contributed by atoms with Crippen molar-refractivity contribution in [1.29, 1.82) is 0 Å². The van der Waals surface area contributed by atoms with Gasteiger partial charge in [-0.3, -0.25) is 9.69 Å². The third kappa shape index (κ3) is 4.23. The summed E-state index contributed by atoms with van der Waals surface area (Å²) in [7, 11) is 1.98. The molecule has 1 rings (SSSR count). The second-order valence-corrected chi connectivity index (χ2v) is 5.72. The predicted octanol–water partition coefficient (Wildman–Crippen LogP) is 3.20. The van der Waals surface area contributed by atoms with Crippen molar-refractivity contribution in [1.82, 2.24) is 4.90 Å². The van der Waals surface area contributed by atoms with Gasteiger partial charge in [0.15, 0.2) is 0 Å². The van der Waals surface area contributed by atoms with Gasteiger partial charge in [0.05, 0.1) is 6.42 Å². The van der Waals surface area contributed by atoms with Gasteiger partial charge in [-0.1, -0.05) is 6.92 Å². The Morgan fingerprint density at radius 1 is 1.69 bits per heavy atom. The Morgan fingerprint density at radius 3 is 2.81 bits per heavy atom. The van der Waals surface area contributed by atoms with Gasteiger partial charge < -0.3 is 5.11 Å². The molecular formula is C11H16BrNO2S. The molecule has 3 nitrogen and oxygen atoms in total. The van der Waals surface area contributed by atoms with E-state index in [0.29, 0.717) is 0 Å². The summed E-state index contributed by atoms with van der Waals surface area (Å²) in [6.45, 7) is 2.83. The number of carbonyl (C=O) groups is 1. The Hall–Kier alpha value is -0.390. The number of aliphatic carboxylic acids is 1. The topological polar surface area (TPSA) is 40.5 Å². The first-order valence-corrected chi connectivity index (χ1v) is 6.85. The summed E-state index contributed by atoms with van der Waals surface area (Å²) in [6.07, 6.45) is 1.06. The zero-order valence-corrected chi connectivity index (χ0v) is 11.8. The number of nitrogens with zero attached hydrogens (tertiary/aromatic N) is 1. The Kier molecular flexibility index (Phi) is 5.44. The maximum absolute atomic E-state index is 10.7. The van der Waals surface area contributed by atoms with Crippen LogP contribution in [0.15, 0.2) is 15.9 Å². The van der Waals surface area contributed by atoms with E-state index in [1.165, 1.54) is 4.88 Å². The normalized spacial score (nSPS) is 13.0. The molecule has 5 heteroatoms. The van der Waals surface area contributed by atoms with Crippen LogP contribution in [-0.2, 0) is 11.3 Å². The third-order valence-corrected chi connectivity index (χ3v) is 4.21. The molecule has 0 aliphatic carbocycles. The molecule has 1 aromatic heterocycles. The number of carboxylic acid groups (broad SMARTS) is 1. The fourth-order valence-corrected chi connectivity index (χ4v) is 3.14. The van der Waals surface area contributed by atoms with Gasteiger partial charge in [0, 0.05) is 27.3 Å². The Morgan fingerprint density at radius 2 is 2.38 bits per heavy atom. The van der Waals surface area contributed by atoms with Crippen LogP contribution in [0.4, 0.5) is 0 Å². The molecule has 0 bridgehead atoms. The lowest BCUT2D eigenvalue weighted by atomic mass is 10.1. The monoisotopic (exact) mass is 305 g/mol. The first kappa shape index (κ1) is 13.7. The Bertz CT molecular complexity index is 354. The fraction of sp³-hybridized carbons (Fsp3) is 0.545. The zero-order chi connectivity index (χ0) is 12.1. The molecule has 1 atom stereocenters. The van der Waals surface area contributed by atoms with E-state index in [1.54, 1.807) is 11.3 Å². The van der Waals surface area contributed by atoms with Gasteiger partial charge in [-0.25, -0.2) is 0 Å². The molecule has 0 saturated heterocycles. The highest BCUT2D eigenvalue weighted by atomic mass is 79.9. The van der Waals surface area contributed by atoms with E-state index < -0.39 is 5.97 Å². The average Bonchev–Trinajstić information content (AvgIpc) is 2.60. The zero-order valence-electron chi connectivity index (χ0n) is 9.44. The van der Waals surface area contributed by atoms with Gasteiger partial charge in [-0.15, -0.1) is 11.3 Å². The van der Waals surface area contributed by atoms with Crippen molar-refractivity contribution in [3.63, 3.8) is 0 Å². The molecule has 0 radical (unpaired) electrons. The van der Waals surface area contributed by atoms with Gasteiger partial charge >= 0.3 is 5.97 Å². The molecule has 0 fully saturated rings. The van der Waals surface area contributed by atoms with E-state index in [2.05, 4.69) is 26.9 Å². The average molecular weight is 306 g/mol. The Balaban J connectivity index is 2.55. The fourth-order valence-electron chi connectivity index (χ4n) is 1.63. The van der Waals surface area contributed by atoms with E-state index in [1.807, 2.05) is 19.4 Å². The van der Waals surface area contributed by atoms with Crippen LogP contribution in [0.3, 0.4) is 0 Å². The standard InChI is InChI=1S/C11H16BrNO2S/c1-3-9(5-11(14)15)13(2)6-10-4-8(12)7-16-10/h4,7,9H,3,5-6H2,1-2H3,(H,14,15). The molecule has 0 saturated carbocycles. The molecule has 0 spiro atoms. The van der Waals surface area contributed by atoms with Crippen molar-refractivity contribution < 1.29 is 9.90 Å². The summed E-state index contributed by atoms with van der Waals surface area (Å²) >= 11 is 5.10. The number of carboxylic acids is 1. The number of hydrogen-bond acceptors (Lipinski definition) is 3. The van der Waals surface area contributed by atoms with Crippen LogP contribution in [0.1, 0.15) is 24.6 Å². The summed E-state index contributed by atoms with van der Waals surface area (Å²) in [6, 6.07) is 2.19. The summed E-state index contributed by atoms with van der Waals surface area (Å²) in [5, 5.41) is 10.8. The predicted molar refractivity (Wildman–Crippen MR) is 69.8 cm³/mol. The van der Waals surface area contributed by atoms with E-state index in [4.69, 9.17) is 5.11 Å². The van der Waals surface area contributed by atoms with Crippen LogP contribution in [0, 0.1) is 0 Å². The number of halogens is 1. The highest BCUT2D eigenvalue weighted by molar-refractivity contribution is 9.10. The summed E-state index contributed by atoms with van der Waals surface area (Å²) in [5.41, 5.74) is 0. The van der Waals surface area contributed by atoms with Crippen molar-refractivity contribution in [3.8, 4) is 0 Å². The van der Waals surface area contributed by atoms with Crippen LogP contribution in [0.25, 0.3) is 0 Å². The molecule has 0 aliphatic heterocycles. The minimum atomic E-state index is -0.730. The summed E-state index contributed by atoms with van der Waals surface area (Å²) in [4.78, 5) is 14.0.